The van der Waals surface area contributed by atoms with E-state index >= 15 is 0 Å². The molecule has 108 valence electrons. The third-order valence-electron chi connectivity index (χ3n) is 2.55. The smallest absolute Gasteiger partial charge is 0.273 e. The van der Waals surface area contributed by atoms with E-state index in [1.807, 2.05) is 19.9 Å². The van der Waals surface area contributed by atoms with Crippen LogP contribution in [0, 0.1) is 0 Å². The average molecular weight is 296 g/mol. The third-order valence-corrected chi connectivity index (χ3v) is 3.42. The zero-order chi connectivity index (χ0) is 14.9. The van der Waals surface area contributed by atoms with Gasteiger partial charge in [0.15, 0.2) is 5.82 Å². The maximum Gasteiger partial charge on any atom is 0.273 e. The monoisotopic (exact) mass is 296 g/mol. The topological polar surface area (TPSA) is 100 Å². The molecule has 2 rings (SSSR count). The van der Waals surface area contributed by atoms with Crippen molar-refractivity contribution in [3.63, 3.8) is 0 Å². The van der Waals surface area contributed by atoms with Crippen LogP contribution in [0.1, 0.15) is 13.8 Å². The van der Waals surface area contributed by atoms with Gasteiger partial charge in [0.05, 0.1) is 6.10 Å². The van der Waals surface area contributed by atoms with Crippen LogP contribution in [-0.2, 0) is 17.1 Å². The van der Waals surface area contributed by atoms with Crippen LogP contribution in [0.2, 0.25) is 0 Å². The van der Waals surface area contributed by atoms with Crippen molar-refractivity contribution in [2.45, 2.75) is 25.1 Å². The molecule has 0 saturated carbocycles. The van der Waals surface area contributed by atoms with Crippen molar-refractivity contribution in [1.29, 1.82) is 0 Å². The van der Waals surface area contributed by atoms with Gasteiger partial charge in [-0.05, 0) is 26.0 Å². The van der Waals surface area contributed by atoms with Gasteiger partial charge in [-0.15, -0.1) is 10.2 Å². The Morgan fingerprint density at radius 1 is 1.30 bits per heavy atom. The molecule has 1 aromatic heterocycles. The molecule has 0 aliphatic carbocycles. The van der Waals surface area contributed by atoms with Gasteiger partial charge in [-0.1, -0.05) is 12.1 Å². The molecule has 0 fully saturated rings. The van der Waals surface area contributed by atoms with Crippen LogP contribution in [-0.4, -0.2) is 29.3 Å². The predicted octanol–water partition coefficient (Wildman–Crippen LogP) is 0.917. The molecule has 0 atom stereocenters. The van der Waals surface area contributed by atoms with Crippen LogP contribution < -0.4 is 9.88 Å². The van der Waals surface area contributed by atoms with E-state index in [2.05, 4.69) is 10.2 Å². The van der Waals surface area contributed by atoms with E-state index < -0.39 is 10.0 Å². The van der Waals surface area contributed by atoms with Crippen LogP contribution in [0.25, 0.3) is 11.4 Å². The van der Waals surface area contributed by atoms with Crippen LogP contribution in [0.5, 0.6) is 5.75 Å². The Labute approximate surface area is 117 Å². The minimum atomic E-state index is -3.89. The number of nitrogens with two attached hydrogens (primary N) is 1. The van der Waals surface area contributed by atoms with Crippen molar-refractivity contribution in [3.8, 4) is 17.1 Å². The zero-order valence-corrected chi connectivity index (χ0v) is 12.3. The van der Waals surface area contributed by atoms with E-state index in [4.69, 9.17) is 9.88 Å². The van der Waals surface area contributed by atoms with E-state index in [-0.39, 0.29) is 11.3 Å². The quantitative estimate of drug-likeness (QED) is 0.904. The fraction of sp³-hybridized carbons (Fsp3) is 0.333. The first kappa shape index (κ1) is 14.5. The van der Waals surface area contributed by atoms with Gasteiger partial charge in [0.1, 0.15) is 5.75 Å². The molecule has 0 spiro atoms. The average Bonchev–Trinajstić information content (AvgIpc) is 2.70. The van der Waals surface area contributed by atoms with Crippen LogP contribution in [0.4, 0.5) is 0 Å². The van der Waals surface area contributed by atoms with Gasteiger partial charge in [0.2, 0.25) is 0 Å². The van der Waals surface area contributed by atoms with Crippen molar-refractivity contribution >= 4 is 10.0 Å². The second kappa shape index (κ2) is 5.22. The maximum atomic E-state index is 11.3. The summed E-state index contributed by atoms with van der Waals surface area (Å²) in [5.41, 5.74) is 0.702. The number of rotatable bonds is 4. The summed E-state index contributed by atoms with van der Waals surface area (Å²) in [7, 11) is -2.34. The van der Waals surface area contributed by atoms with E-state index in [0.29, 0.717) is 17.1 Å². The first-order valence-corrected chi connectivity index (χ1v) is 7.53. The van der Waals surface area contributed by atoms with Crippen molar-refractivity contribution in [3.05, 3.63) is 24.3 Å². The second-order valence-corrected chi connectivity index (χ2v) is 6.06. The first-order valence-electron chi connectivity index (χ1n) is 5.98. The predicted molar refractivity (Wildman–Crippen MR) is 73.6 cm³/mol. The molecule has 8 heteroatoms. The molecule has 2 N–H and O–H groups in total. The lowest BCUT2D eigenvalue weighted by molar-refractivity contribution is 0.242. The fourth-order valence-corrected chi connectivity index (χ4v) is 2.42. The fourth-order valence-electron chi connectivity index (χ4n) is 1.79. The summed E-state index contributed by atoms with van der Waals surface area (Å²) in [6, 6.07) is 7.19. The number of nitrogens with zero attached hydrogens (tertiary/aromatic N) is 3. The molecule has 0 unspecified atom stereocenters. The Morgan fingerprint density at radius 3 is 2.55 bits per heavy atom. The normalized spacial score (nSPS) is 11.8. The number of sulfonamides is 1. The third kappa shape index (κ3) is 2.97. The van der Waals surface area contributed by atoms with Crippen LogP contribution >= 0.6 is 0 Å². The standard InChI is InChI=1S/C12H16N4O3S/c1-8(2)19-10-6-4-5-9(7-10)11-14-15-12(16(11)3)20(13,17)18/h4-8H,1-3H3,(H2,13,17,18). The molecule has 2 aromatic rings. The Morgan fingerprint density at radius 2 is 2.00 bits per heavy atom. The van der Waals surface area contributed by atoms with Crippen molar-refractivity contribution in [1.82, 2.24) is 14.8 Å². The summed E-state index contributed by atoms with van der Waals surface area (Å²) < 4.78 is 29.6. The molecule has 0 aliphatic rings. The van der Waals surface area contributed by atoms with Crippen LogP contribution in [0.3, 0.4) is 0 Å². The van der Waals surface area contributed by atoms with Gasteiger partial charge in [0.25, 0.3) is 15.2 Å². The number of primary sulfonamides is 1. The number of ether oxygens (including phenoxy) is 1. The lowest BCUT2D eigenvalue weighted by Gasteiger charge is -2.10. The Bertz CT molecular complexity index is 722. The summed E-state index contributed by atoms with van der Waals surface area (Å²) in [5, 5.41) is 12.3. The maximum absolute atomic E-state index is 11.3. The number of aromatic nitrogens is 3. The lowest BCUT2D eigenvalue weighted by Crippen LogP contribution is -2.17. The van der Waals surface area contributed by atoms with Crippen LogP contribution in [0.15, 0.2) is 29.4 Å². The van der Waals surface area contributed by atoms with E-state index in [9.17, 15) is 8.42 Å². The van der Waals surface area contributed by atoms with E-state index in [1.165, 1.54) is 4.57 Å². The summed E-state index contributed by atoms with van der Waals surface area (Å²) in [6.45, 7) is 3.85. The highest BCUT2D eigenvalue weighted by molar-refractivity contribution is 7.89. The largest absolute Gasteiger partial charge is 0.491 e. The number of hydrogen-bond acceptors (Lipinski definition) is 5. The molecule has 0 aliphatic heterocycles. The molecular weight excluding hydrogens is 280 g/mol. The Kier molecular flexibility index (Phi) is 3.78. The molecule has 0 saturated heterocycles. The van der Waals surface area contributed by atoms with Crippen molar-refractivity contribution in [2.75, 3.05) is 0 Å². The minimum absolute atomic E-state index is 0.0460. The van der Waals surface area contributed by atoms with Gasteiger partial charge in [-0.3, -0.25) is 4.57 Å². The Balaban J connectivity index is 2.45. The summed E-state index contributed by atoms with van der Waals surface area (Å²) in [5.74, 6) is 1.08. The highest BCUT2D eigenvalue weighted by Gasteiger charge is 2.19. The molecular formula is C12H16N4O3S. The second-order valence-electron chi connectivity index (χ2n) is 4.60. The zero-order valence-electron chi connectivity index (χ0n) is 11.4. The van der Waals surface area contributed by atoms with Gasteiger partial charge in [-0.2, -0.15) is 0 Å². The summed E-state index contributed by atoms with van der Waals surface area (Å²) in [6.07, 6.45) is 0.0460. The van der Waals surface area contributed by atoms with Gasteiger partial charge < -0.3 is 4.74 Å². The molecule has 20 heavy (non-hydrogen) atoms. The SMILES string of the molecule is CC(C)Oc1cccc(-c2nnc(S(N)(=O)=O)n2C)c1. The molecule has 7 nitrogen and oxygen atoms in total. The molecule has 0 radical (unpaired) electrons. The number of hydrogen-bond donors (Lipinski definition) is 1. The van der Waals surface area contributed by atoms with Gasteiger partial charge >= 0.3 is 0 Å². The molecule has 1 aromatic carbocycles. The molecule has 1 heterocycles. The Hall–Kier alpha value is -1.93. The van der Waals surface area contributed by atoms with E-state index in [1.54, 1.807) is 25.2 Å². The minimum Gasteiger partial charge on any atom is -0.491 e. The van der Waals surface area contributed by atoms with E-state index in [0.717, 1.165) is 0 Å². The van der Waals surface area contributed by atoms with Gasteiger partial charge in [-0.25, -0.2) is 13.6 Å². The highest BCUT2D eigenvalue weighted by atomic mass is 32.2. The highest BCUT2D eigenvalue weighted by Crippen LogP contribution is 2.23. The summed E-state index contributed by atoms with van der Waals surface area (Å²) >= 11 is 0. The van der Waals surface area contributed by atoms with Crippen molar-refractivity contribution < 1.29 is 13.2 Å². The number of benzene rings is 1. The molecule has 0 amide bonds. The first-order chi connectivity index (χ1) is 9.29. The summed E-state index contributed by atoms with van der Waals surface area (Å²) in [4.78, 5) is 0. The van der Waals surface area contributed by atoms with Crippen molar-refractivity contribution in [2.24, 2.45) is 12.2 Å². The van der Waals surface area contributed by atoms with Gasteiger partial charge in [0, 0.05) is 12.6 Å². The molecule has 0 bridgehead atoms. The lowest BCUT2D eigenvalue weighted by atomic mass is 10.2.